The molecule has 0 aromatic heterocycles. The van der Waals surface area contributed by atoms with Gasteiger partial charge in [0.1, 0.15) is 0 Å². The van der Waals surface area contributed by atoms with Gasteiger partial charge in [-0.3, -0.25) is 4.79 Å². The SMILES string of the molecule is O=C(CCC1OCCO1)c1ccc(Cl)c(Cl)c1. The fourth-order valence-electron chi connectivity index (χ4n) is 1.64. The number of benzene rings is 1. The van der Waals surface area contributed by atoms with E-state index >= 15 is 0 Å². The highest BCUT2D eigenvalue weighted by molar-refractivity contribution is 6.42. The largest absolute Gasteiger partial charge is 0.350 e. The Hall–Kier alpha value is -0.610. The lowest BCUT2D eigenvalue weighted by atomic mass is 10.1. The third-order valence-electron chi connectivity index (χ3n) is 2.54. The zero-order chi connectivity index (χ0) is 12.3. The Morgan fingerprint density at radius 1 is 1.24 bits per heavy atom. The third kappa shape index (κ3) is 3.42. The van der Waals surface area contributed by atoms with Crippen LogP contribution in [0.4, 0.5) is 0 Å². The molecule has 0 N–H and O–H groups in total. The summed E-state index contributed by atoms with van der Waals surface area (Å²) in [5.74, 6) is 0.0164. The van der Waals surface area contributed by atoms with Crippen molar-refractivity contribution in [3.05, 3.63) is 33.8 Å². The molecule has 1 heterocycles. The summed E-state index contributed by atoms with van der Waals surface area (Å²) < 4.78 is 10.5. The maximum Gasteiger partial charge on any atom is 0.163 e. The molecule has 5 heteroatoms. The van der Waals surface area contributed by atoms with Gasteiger partial charge in [-0.15, -0.1) is 0 Å². The monoisotopic (exact) mass is 274 g/mol. The van der Waals surface area contributed by atoms with Gasteiger partial charge in [-0.1, -0.05) is 23.2 Å². The minimum Gasteiger partial charge on any atom is -0.350 e. The molecule has 0 unspecified atom stereocenters. The summed E-state index contributed by atoms with van der Waals surface area (Å²) in [5, 5.41) is 0.844. The van der Waals surface area contributed by atoms with Crippen molar-refractivity contribution in [2.24, 2.45) is 0 Å². The number of carbonyl (C=O) groups excluding carboxylic acids is 1. The first-order valence-corrected chi connectivity index (χ1v) is 6.14. The Morgan fingerprint density at radius 3 is 2.59 bits per heavy atom. The van der Waals surface area contributed by atoms with E-state index in [1.165, 1.54) is 0 Å². The van der Waals surface area contributed by atoms with Crippen molar-refractivity contribution in [2.45, 2.75) is 19.1 Å². The van der Waals surface area contributed by atoms with E-state index in [1.54, 1.807) is 18.2 Å². The number of ketones is 1. The predicted octanol–water partition coefficient (Wildman–Crippen LogP) is 3.33. The average molecular weight is 275 g/mol. The molecule has 0 spiro atoms. The van der Waals surface area contributed by atoms with Crippen molar-refractivity contribution in [2.75, 3.05) is 13.2 Å². The van der Waals surface area contributed by atoms with Gasteiger partial charge in [0, 0.05) is 18.4 Å². The fraction of sp³-hybridized carbons (Fsp3) is 0.417. The number of Topliss-reactive ketones (excluding diaryl/α,β-unsaturated/α-hetero) is 1. The van der Waals surface area contributed by atoms with Gasteiger partial charge in [-0.25, -0.2) is 0 Å². The molecule has 1 aromatic carbocycles. The lowest BCUT2D eigenvalue weighted by Gasteiger charge is -2.08. The molecule has 92 valence electrons. The van der Waals surface area contributed by atoms with Gasteiger partial charge in [-0.2, -0.15) is 0 Å². The first kappa shape index (κ1) is 12.8. The van der Waals surface area contributed by atoms with E-state index in [9.17, 15) is 4.79 Å². The molecule has 17 heavy (non-hydrogen) atoms. The van der Waals surface area contributed by atoms with Crippen molar-refractivity contribution in [1.29, 1.82) is 0 Å². The highest BCUT2D eigenvalue weighted by Gasteiger charge is 2.18. The number of halogens is 2. The molecule has 0 amide bonds. The molecule has 1 aliphatic heterocycles. The van der Waals surface area contributed by atoms with Gasteiger partial charge in [0.2, 0.25) is 0 Å². The van der Waals surface area contributed by atoms with Crippen LogP contribution in [0.5, 0.6) is 0 Å². The summed E-state index contributed by atoms with van der Waals surface area (Å²) in [5.41, 5.74) is 0.567. The van der Waals surface area contributed by atoms with E-state index in [0.29, 0.717) is 41.7 Å². The van der Waals surface area contributed by atoms with E-state index < -0.39 is 0 Å². The molecule has 0 atom stereocenters. The smallest absolute Gasteiger partial charge is 0.163 e. The van der Waals surface area contributed by atoms with Gasteiger partial charge >= 0.3 is 0 Å². The third-order valence-corrected chi connectivity index (χ3v) is 3.28. The Kier molecular flexibility index (Phi) is 4.40. The zero-order valence-electron chi connectivity index (χ0n) is 9.12. The summed E-state index contributed by atoms with van der Waals surface area (Å²) in [6.45, 7) is 1.21. The van der Waals surface area contributed by atoms with Crippen molar-refractivity contribution >= 4 is 29.0 Å². The van der Waals surface area contributed by atoms with Crippen LogP contribution in [0.2, 0.25) is 10.0 Å². The van der Waals surface area contributed by atoms with Gasteiger partial charge in [0.25, 0.3) is 0 Å². The zero-order valence-corrected chi connectivity index (χ0v) is 10.6. The molecule has 0 bridgehead atoms. The highest BCUT2D eigenvalue weighted by atomic mass is 35.5. The van der Waals surface area contributed by atoms with Crippen molar-refractivity contribution in [3.8, 4) is 0 Å². The molecule has 3 nitrogen and oxygen atoms in total. The van der Waals surface area contributed by atoms with Gasteiger partial charge in [-0.05, 0) is 18.2 Å². The van der Waals surface area contributed by atoms with Crippen LogP contribution in [-0.2, 0) is 9.47 Å². The number of ether oxygens (including phenoxy) is 2. The Balaban J connectivity index is 1.92. The van der Waals surface area contributed by atoms with Crippen LogP contribution >= 0.6 is 23.2 Å². The molecule has 1 aliphatic rings. The molecule has 0 saturated carbocycles. The molecule has 1 aromatic rings. The Labute approximate surface area is 110 Å². The van der Waals surface area contributed by atoms with Gasteiger partial charge in [0.15, 0.2) is 12.1 Å². The quantitative estimate of drug-likeness (QED) is 0.791. The van der Waals surface area contributed by atoms with Crippen LogP contribution in [0.15, 0.2) is 18.2 Å². The van der Waals surface area contributed by atoms with E-state index in [-0.39, 0.29) is 12.1 Å². The Bertz CT molecular complexity index is 414. The van der Waals surface area contributed by atoms with Crippen molar-refractivity contribution < 1.29 is 14.3 Å². The van der Waals surface area contributed by atoms with Crippen LogP contribution in [0.25, 0.3) is 0 Å². The molecule has 0 aliphatic carbocycles. The molecule has 0 radical (unpaired) electrons. The molecule has 1 fully saturated rings. The highest BCUT2D eigenvalue weighted by Crippen LogP contribution is 2.23. The van der Waals surface area contributed by atoms with Crippen LogP contribution in [0, 0.1) is 0 Å². The lowest BCUT2D eigenvalue weighted by Crippen LogP contribution is -2.10. The van der Waals surface area contributed by atoms with Crippen LogP contribution in [-0.4, -0.2) is 25.3 Å². The molecule has 2 rings (SSSR count). The maximum absolute atomic E-state index is 11.9. The summed E-state index contributed by atoms with van der Waals surface area (Å²) in [4.78, 5) is 11.9. The number of rotatable bonds is 4. The van der Waals surface area contributed by atoms with E-state index in [0.717, 1.165) is 0 Å². The first-order chi connectivity index (χ1) is 8.16. The van der Waals surface area contributed by atoms with Crippen molar-refractivity contribution in [3.63, 3.8) is 0 Å². The van der Waals surface area contributed by atoms with E-state index in [4.69, 9.17) is 32.7 Å². The normalized spacial score (nSPS) is 16.4. The fourth-order valence-corrected chi connectivity index (χ4v) is 1.93. The lowest BCUT2D eigenvalue weighted by molar-refractivity contribution is -0.0464. The summed E-state index contributed by atoms with van der Waals surface area (Å²) in [7, 11) is 0. The van der Waals surface area contributed by atoms with Crippen LogP contribution in [0.3, 0.4) is 0 Å². The molecule has 1 saturated heterocycles. The van der Waals surface area contributed by atoms with E-state index in [1.807, 2.05) is 0 Å². The Morgan fingerprint density at radius 2 is 1.94 bits per heavy atom. The van der Waals surface area contributed by atoms with Crippen molar-refractivity contribution in [1.82, 2.24) is 0 Å². The number of hydrogen-bond acceptors (Lipinski definition) is 3. The van der Waals surface area contributed by atoms with Gasteiger partial charge < -0.3 is 9.47 Å². The van der Waals surface area contributed by atoms with Crippen LogP contribution < -0.4 is 0 Å². The molecular weight excluding hydrogens is 263 g/mol. The summed E-state index contributed by atoms with van der Waals surface area (Å²) >= 11 is 11.6. The molecular formula is C12H12Cl2O3. The second-order valence-electron chi connectivity index (χ2n) is 3.76. The maximum atomic E-state index is 11.9. The number of hydrogen-bond donors (Lipinski definition) is 0. The minimum atomic E-state index is -0.248. The topological polar surface area (TPSA) is 35.5 Å². The second-order valence-corrected chi connectivity index (χ2v) is 4.58. The standard InChI is InChI=1S/C12H12Cl2O3/c13-9-2-1-8(7-10(9)14)11(15)3-4-12-16-5-6-17-12/h1-2,7,12H,3-6H2. The first-order valence-electron chi connectivity index (χ1n) is 5.38. The van der Waals surface area contributed by atoms with E-state index in [2.05, 4.69) is 0 Å². The van der Waals surface area contributed by atoms with Gasteiger partial charge in [0.05, 0.1) is 23.3 Å². The predicted molar refractivity (Wildman–Crippen MR) is 65.7 cm³/mol. The average Bonchev–Trinajstić information content (AvgIpc) is 2.82. The second kappa shape index (κ2) is 5.83. The number of carbonyl (C=O) groups is 1. The minimum absolute atomic E-state index is 0.0164. The summed E-state index contributed by atoms with van der Waals surface area (Å²) in [6.07, 6.45) is 0.698. The van der Waals surface area contributed by atoms with Crippen LogP contribution in [0.1, 0.15) is 23.2 Å². The summed E-state index contributed by atoms with van der Waals surface area (Å²) in [6, 6.07) is 4.88.